The number of amides is 2. The number of nitrogens with one attached hydrogen (secondary N) is 1. The Bertz CT molecular complexity index is 570. The molecule has 1 aromatic heterocycles. The van der Waals surface area contributed by atoms with E-state index in [2.05, 4.69) is 29.4 Å². The van der Waals surface area contributed by atoms with Crippen molar-refractivity contribution < 1.29 is 14.7 Å². The number of hydrogen-bond acceptors (Lipinski definition) is 5. The van der Waals surface area contributed by atoms with Crippen LogP contribution >= 0.6 is 11.3 Å². The lowest BCUT2D eigenvalue weighted by Crippen LogP contribution is -2.44. The van der Waals surface area contributed by atoms with Crippen molar-refractivity contribution in [2.75, 3.05) is 11.9 Å². The monoisotopic (exact) mass is 368 g/mol. The van der Waals surface area contributed by atoms with Crippen LogP contribution in [0.25, 0.3) is 0 Å². The normalized spacial score (nSPS) is 15.3. The fourth-order valence-corrected chi connectivity index (χ4v) is 3.75. The van der Waals surface area contributed by atoms with Crippen LogP contribution in [-0.2, 0) is 11.2 Å². The topological polar surface area (TPSA) is 95.4 Å². The highest BCUT2D eigenvalue weighted by Gasteiger charge is 2.26. The van der Waals surface area contributed by atoms with E-state index in [0.29, 0.717) is 28.5 Å². The van der Waals surface area contributed by atoms with E-state index in [9.17, 15) is 9.59 Å². The Labute approximate surface area is 152 Å². The van der Waals surface area contributed by atoms with Crippen LogP contribution in [-0.4, -0.2) is 44.8 Å². The van der Waals surface area contributed by atoms with Crippen molar-refractivity contribution >= 4 is 28.5 Å². The molecule has 0 bridgehead atoms. The SMILES string of the molecule is CC(C)CCN(C(=O)Nc1nnc(CCC(=O)O)s1)C1CCCCC1. The van der Waals surface area contributed by atoms with Gasteiger partial charge in [0.2, 0.25) is 5.13 Å². The van der Waals surface area contributed by atoms with Crippen molar-refractivity contribution in [2.45, 2.75) is 71.3 Å². The number of carbonyl (C=O) groups excluding carboxylic acids is 1. The summed E-state index contributed by atoms with van der Waals surface area (Å²) in [5, 5.41) is 20.6. The van der Waals surface area contributed by atoms with E-state index >= 15 is 0 Å². The number of rotatable bonds is 8. The molecule has 8 heteroatoms. The lowest BCUT2D eigenvalue weighted by Gasteiger charge is -2.34. The fraction of sp³-hybridized carbons (Fsp3) is 0.765. The lowest BCUT2D eigenvalue weighted by molar-refractivity contribution is -0.136. The minimum absolute atomic E-state index is 0.0190. The molecule has 0 radical (unpaired) electrons. The minimum atomic E-state index is -0.863. The molecule has 0 aliphatic heterocycles. The number of carboxylic acids is 1. The number of urea groups is 1. The maximum atomic E-state index is 12.8. The van der Waals surface area contributed by atoms with Crippen LogP contribution in [0.2, 0.25) is 0 Å². The summed E-state index contributed by atoms with van der Waals surface area (Å²) in [7, 11) is 0. The molecule has 140 valence electrons. The van der Waals surface area contributed by atoms with E-state index in [0.717, 1.165) is 25.8 Å². The minimum Gasteiger partial charge on any atom is -0.481 e. The Morgan fingerprint density at radius 1 is 1.28 bits per heavy atom. The Hall–Kier alpha value is -1.70. The van der Waals surface area contributed by atoms with Crippen LogP contribution in [0, 0.1) is 5.92 Å². The number of aryl methyl sites for hydroxylation is 1. The van der Waals surface area contributed by atoms with E-state index in [1.54, 1.807) is 0 Å². The molecule has 1 aliphatic carbocycles. The van der Waals surface area contributed by atoms with Crippen molar-refractivity contribution in [1.82, 2.24) is 15.1 Å². The first-order valence-electron chi connectivity index (χ1n) is 9.07. The molecule has 1 saturated carbocycles. The van der Waals surface area contributed by atoms with Gasteiger partial charge in [-0.25, -0.2) is 4.79 Å². The van der Waals surface area contributed by atoms with Gasteiger partial charge in [0.05, 0.1) is 6.42 Å². The van der Waals surface area contributed by atoms with Gasteiger partial charge in [-0.3, -0.25) is 10.1 Å². The molecule has 1 heterocycles. The highest BCUT2D eigenvalue weighted by atomic mass is 32.1. The number of nitrogens with zero attached hydrogens (tertiary/aromatic N) is 3. The third-order valence-corrected chi connectivity index (χ3v) is 5.36. The van der Waals surface area contributed by atoms with Crippen molar-refractivity contribution in [3.05, 3.63) is 5.01 Å². The molecule has 1 fully saturated rings. The Morgan fingerprint density at radius 3 is 2.64 bits per heavy atom. The van der Waals surface area contributed by atoms with Gasteiger partial charge in [-0.1, -0.05) is 44.4 Å². The van der Waals surface area contributed by atoms with E-state index < -0.39 is 5.97 Å². The molecular weight excluding hydrogens is 340 g/mol. The molecule has 0 spiro atoms. The molecule has 0 atom stereocenters. The molecule has 0 saturated heterocycles. The van der Waals surface area contributed by atoms with Crippen molar-refractivity contribution in [1.29, 1.82) is 0 Å². The van der Waals surface area contributed by atoms with Gasteiger partial charge in [0.15, 0.2) is 0 Å². The molecule has 2 rings (SSSR count). The zero-order valence-electron chi connectivity index (χ0n) is 15.0. The third-order valence-electron chi connectivity index (χ3n) is 4.46. The third kappa shape index (κ3) is 6.61. The molecule has 2 amide bonds. The molecule has 2 N–H and O–H groups in total. The highest BCUT2D eigenvalue weighted by molar-refractivity contribution is 7.15. The van der Waals surface area contributed by atoms with E-state index in [-0.39, 0.29) is 12.5 Å². The van der Waals surface area contributed by atoms with Crippen LogP contribution in [0.1, 0.15) is 63.8 Å². The summed E-state index contributed by atoms with van der Waals surface area (Å²) in [5.74, 6) is -0.319. The van der Waals surface area contributed by atoms with E-state index in [4.69, 9.17) is 5.11 Å². The van der Waals surface area contributed by atoms with Gasteiger partial charge >= 0.3 is 12.0 Å². The molecular formula is C17H28N4O3S. The van der Waals surface area contributed by atoms with Crippen molar-refractivity contribution in [3.63, 3.8) is 0 Å². The second-order valence-corrected chi connectivity index (χ2v) is 8.05. The zero-order chi connectivity index (χ0) is 18.2. The second kappa shape index (κ2) is 9.70. The largest absolute Gasteiger partial charge is 0.481 e. The smallest absolute Gasteiger partial charge is 0.323 e. The average molecular weight is 369 g/mol. The van der Waals surface area contributed by atoms with Crippen molar-refractivity contribution in [2.24, 2.45) is 5.92 Å². The molecule has 1 aliphatic rings. The molecule has 1 aromatic rings. The number of hydrogen-bond donors (Lipinski definition) is 2. The van der Waals surface area contributed by atoms with E-state index in [1.807, 2.05) is 4.90 Å². The van der Waals surface area contributed by atoms with Gasteiger partial charge in [-0.2, -0.15) is 0 Å². The van der Waals surface area contributed by atoms with Crippen LogP contribution < -0.4 is 5.32 Å². The van der Waals surface area contributed by atoms with E-state index in [1.165, 1.54) is 30.6 Å². The summed E-state index contributed by atoms with van der Waals surface area (Å²) in [4.78, 5) is 25.3. The summed E-state index contributed by atoms with van der Waals surface area (Å²) < 4.78 is 0. The maximum absolute atomic E-state index is 12.8. The second-order valence-electron chi connectivity index (χ2n) is 6.99. The van der Waals surface area contributed by atoms with Crippen molar-refractivity contribution in [3.8, 4) is 0 Å². The van der Waals surface area contributed by atoms with Crippen LogP contribution in [0.3, 0.4) is 0 Å². The Balaban J connectivity index is 1.96. The summed E-state index contributed by atoms with van der Waals surface area (Å²) in [6.45, 7) is 5.08. The Morgan fingerprint density at radius 2 is 2.00 bits per heavy atom. The lowest BCUT2D eigenvalue weighted by atomic mass is 9.94. The fourth-order valence-electron chi connectivity index (χ4n) is 3.02. The van der Waals surface area contributed by atoms with Gasteiger partial charge < -0.3 is 10.0 Å². The summed E-state index contributed by atoms with van der Waals surface area (Å²) in [5.41, 5.74) is 0. The first kappa shape index (κ1) is 19.6. The van der Waals surface area contributed by atoms with Crippen LogP contribution in [0.15, 0.2) is 0 Å². The molecule has 0 unspecified atom stereocenters. The molecule has 0 aromatic carbocycles. The number of aromatic nitrogens is 2. The van der Waals surface area contributed by atoms with Gasteiger partial charge in [0, 0.05) is 19.0 Å². The predicted molar refractivity (Wildman–Crippen MR) is 97.9 cm³/mol. The standard InChI is InChI=1S/C17H28N4O3S/c1-12(2)10-11-21(13-6-4-3-5-7-13)17(24)18-16-20-19-14(25-16)8-9-15(22)23/h12-13H,3-11H2,1-2H3,(H,22,23)(H,18,20,24). The van der Waals surface area contributed by atoms with Crippen LogP contribution in [0.5, 0.6) is 0 Å². The summed E-state index contributed by atoms with van der Waals surface area (Å²) in [6.07, 6.45) is 7.05. The molecule has 25 heavy (non-hydrogen) atoms. The number of carboxylic acid groups (broad SMARTS) is 1. The van der Waals surface area contributed by atoms with Gasteiger partial charge in [-0.15, -0.1) is 10.2 Å². The van der Waals surface area contributed by atoms with Gasteiger partial charge in [0.1, 0.15) is 5.01 Å². The number of aliphatic carboxylic acids is 1. The number of carbonyl (C=O) groups is 2. The predicted octanol–water partition coefficient (Wildman–Crippen LogP) is 3.77. The number of anilines is 1. The quantitative estimate of drug-likeness (QED) is 0.728. The highest BCUT2D eigenvalue weighted by Crippen LogP contribution is 2.25. The first-order valence-corrected chi connectivity index (χ1v) is 9.89. The van der Waals surface area contributed by atoms with Gasteiger partial charge in [0.25, 0.3) is 0 Å². The van der Waals surface area contributed by atoms with Crippen LogP contribution in [0.4, 0.5) is 9.93 Å². The summed E-state index contributed by atoms with van der Waals surface area (Å²) >= 11 is 1.25. The first-order chi connectivity index (χ1) is 12.0. The molecule has 7 nitrogen and oxygen atoms in total. The maximum Gasteiger partial charge on any atom is 0.323 e. The zero-order valence-corrected chi connectivity index (χ0v) is 15.8. The van der Waals surface area contributed by atoms with Gasteiger partial charge in [-0.05, 0) is 25.2 Å². The Kier molecular flexibility index (Phi) is 7.61. The average Bonchev–Trinajstić information content (AvgIpc) is 3.01. The summed E-state index contributed by atoms with van der Waals surface area (Å²) in [6, 6.07) is 0.181.